The van der Waals surface area contributed by atoms with Crippen LogP contribution in [0.25, 0.3) is 0 Å². The lowest BCUT2D eigenvalue weighted by Crippen LogP contribution is -2.42. The average molecular weight is 474 g/mol. The van der Waals surface area contributed by atoms with E-state index in [1.807, 2.05) is 59.7 Å². The molecule has 1 saturated heterocycles. The van der Waals surface area contributed by atoms with Crippen LogP contribution in [-0.2, 0) is 14.8 Å². The van der Waals surface area contributed by atoms with Crippen LogP contribution in [0.1, 0.15) is 71.0 Å². The standard InChI is InChI=1S/C25H35N3O4S/c1-7-19(3)28(24(29)32-25(4,5)6)23-15-12-20(17-26-23)22-9-8-16-27(22)33(30,31)21-13-10-18(2)11-14-21/h10-15,17,19,22H,7-9,16H2,1-6H3/t19-,22+/m1/s1. The minimum absolute atomic E-state index is 0.0944. The number of ether oxygens (including phenoxy) is 1. The van der Waals surface area contributed by atoms with Crippen LogP contribution in [0.3, 0.4) is 0 Å². The SMILES string of the molecule is CC[C@@H](C)N(C(=O)OC(C)(C)C)c1ccc([C@@H]2CCCN2S(=O)(=O)c2ccc(C)cc2)cn1. The fourth-order valence-corrected chi connectivity index (χ4v) is 5.62. The van der Waals surface area contributed by atoms with E-state index in [2.05, 4.69) is 4.98 Å². The monoisotopic (exact) mass is 473 g/mol. The van der Waals surface area contributed by atoms with E-state index in [-0.39, 0.29) is 12.1 Å². The van der Waals surface area contributed by atoms with Crippen LogP contribution >= 0.6 is 0 Å². The maximum atomic E-state index is 13.3. The number of carbonyl (C=O) groups is 1. The van der Waals surface area contributed by atoms with Crippen LogP contribution in [0.4, 0.5) is 10.6 Å². The lowest BCUT2D eigenvalue weighted by molar-refractivity contribution is 0.0566. The fourth-order valence-electron chi connectivity index (χ4n) is 3.94. The minimum atomic E-state index is -3.61. The van der Waals surface area contributed by atoms with Crippen molar-refractivity contribution in [1.82, 2.24) is 9.29 Å². The number of aryl methyl sites for hydroxylation is 1. The number of rotatable bonds is 6. The van der Waals surface area contributed by atoms with Gasteiger partial charge in [0.1, 0.15) is 11.4 Å². The van der Waals surface area contributed by atoms with Gasteiger partial charge in [-0.2, -0.15) is 4.31 Å². The van der Waals surface area contributed by atoms with E-state index in [9.17, 15) is 13.2 Å². The van der Waals surface area contributed by atoms with E-state index in [1.165, 1.54) is 0 Å². The minimum Gasteiger partial charge on any atom is -0.443 e. The molecule has 0 radical (unpaired) electrons. The zero-order chi connectivity index (χ0) is 24.4. The lowest BCUT2D eigenvalue weighted by atomic mass is 10.1. The van der Waals surface area contributed by atoms with Crippen molar-refractivity contribution in [1.29, 1.82) is 0 Å². The van der Waals surface area contributed by atoms with Gasteiger partial charge in [0.15, 0.2) is 0 Å². The Hall–Kier alpha value is -2.45. The molecule has 1 aromatic heterocycles. The van der Waals surface area contributed by atoms with E-state index < -0.39 is 21.7 Å². The number of hydrogen-bond donors (Lipinski definition) is 0. The molecule has 2 aromatic rings. The molecule has 2 heterocycles. The third kappa shape index (κ3) is 5.73. The maximum Gasteiger partial charge on any atom is 0.416 e. The first-order chi connectivity index (χ1) is 15.4. The normalized spacial score (nSPS) is 18.2. The van der Waals surface area contributed by atoms with Crippen LogP contribution in [-0.4, -0.2) is 42.0 Å². The summed E-state index contributed by atoms with van der Waals surface area (Å²) in [5.41, 5.74) is 1.22. The molecule has 1 amide bonds. The summed E-state index contributed by atoms with van der Waals surface area (Å²) in [7, 11) is -3.61. The van der Waals surface area contributed by atoms with Gasteiger partial charge in [0.25, 0.3) is 0 Å². The molecule has 0 aliphatic carbocycles. The Bertz CT molecular complexity index is 1060. The average Bonchev–Trinajstić information content (AvgIpc) is 3.24. The topological polar surface area (TPSA) is 79.8 Å². The molecule has 1 aromatic carbocycles. The molecule has 1 fully saturated rings. The first-order valence-electron chi connectivity index (χ1n) is 11.5. The largest absolute Gasteiger partial charge is 0.443 e. The smallest absolute Gasteiger partial charge is 0.416 e. The van der Waals surface area contributed by atoms with Gasteiger partial charge < -0.3 is 4.74 Å². The summed E-state index contributed by atoms with van der Waals surface area (Å²) < 4.78 is 33.7. The van der Waals surface area contributed by atoms with E-state index in [1.54, 1.807) is 33.6 Å². The highest BCUT2D eigenvalue weighted by molar-refractivity contribution is 7.89. The summed E-state index contributed by atoms with van der Waals surface area (Å²) in [6.07, 6.45) is 3.50. The molecule has 0 bridgehead atoms. The highest BCUT2D eigenvalue weighted by Crippen LogP contribution is 2.37. The summed E-state index contributed by atoms with van der Waals surface area (Å²) >= 11 is 0. The van der Waals surface area contributed by atoms with Gasteiger partial charge in [-0.3, -0.25) is 4.90 Å². The fraction of sp³-hybridized carbons (Fsp3) is 0.520. The Balaban J connectivity index is 1.87. The molecule has 0 spiro atoms. The lowest BCUT2D eigenvalue weighted by Gasteiger charge is -2.31. The first-order valence-corrected chi connectivity index (χ1v) is 12.9. The van der Waals surface area contributed by atoms with Gasteiger partial charge in [-0.25, -0.2) is 18.2 Å². The van der Waals surface area contributed by atoms with Gasteiger partial charge >= 0.3 is 6.09 Å². The predicted octanol–water partition coefficient (Wildman–Crippen LogP) is 5.46. The number of benzene rings is 1. The number of anilines is 1. The molecule has 0 unspecified atom stereocenters. The van der Waals surface area contributed by atoms with Crippen molar-refractivity contribution in [2.45, 2.75) is 83.4 Å². The second-order valence-electron chi connectivity index (χ2n) is 9.64. The van der Waals surface area contributed by atoms with E-state index in [4.69, 9.17) is 4.74 Å². The van der Waals surface area contributed by atoms with E-state index in [0.29, 0.717) is 17.3 Å². The van der Waals surface area contributed by atoms with Crippen molar-refractivity contribution in [3.63, 3.8) is 0 Å². The van der Waals surface area contributed by atoms with Gasteiger partial charge in [0.2, 0.25) is 10.0 Å². The number of sulfonamides is 1. The third-order valence-electron chi connectivity index (χ3n) is 5.86. The highest BCUT2D eigenvalue weighted by Gasteiger charge is 2.36. The Morgan fingerprint density at radius 3 is 2.42 bits per heavy atom. The van der Waals surface area contributed by atoms with Gasteiger partial charge in [0.05, 0.1) is 10.9 Å². The number of carbonyl (C=O) groups excluding carboxylic acids is 1. The van der Waals surface area contributed by atoms with Gasteiger partial charge in [-0.05, 0) is 77.6 Å². The number of aromatic nitrogens is 1. The van der Waals surface area contributed by atoms with Crippen LogP contribution < -0.4 is 4.90 Å². The maximum absolute atomic E-state index is 13.3. The van der Waals surface area contributed by atoms with Crippen LogP contribution in [0.15, 0.2) is 47.5 Å². The molecule has 0 N–H and O–H groups in total. The summed E-state index contributed by atoms with van der Waals surface area (Å²) in [4.78, 5) is 19.3. The molecular formula is C25H35N3O4S. The summed E-state index contributed by atoms with van der Waals surface area (Å²) in [5, 5.41) is 0. The molecule has 0 saturated carbocycles. The van der Waals surface area contributed by atoms with Crippen molar-refractivity contribution in [2.75, 3.05) is 11.4 Å². The Labute approximate surface area is 197 Å². The zero-order valence-corrected chi connectivity index (χ0v) is 21.2. The molecule has 33 heavy (non-hydrogen) atoms. The summed E-state index contributed by atoms with van der Waals surface area (Å²) in [6.45, 7) is 11.9. The van der Waals surface area contributed by atoms with Gasteiger partial charge in [0, 0.05) is 18.8 Å². The van der Waals surface area contributed by atoms with E-state index in [0.717, 1.165) is 30.4 Å². The molecule has 2 atom stereocenters. The van der Waals surface area contributed by atoms with Crippen LogP contribution in [0.2, 0.25) is 0 Å². The molecule has 3 rings (SSSR count). The van der Waals surface area contributed by atoms with Gasteiger partial charge in [-0.1, -0.05) is 30.7 Å². The van der Waals surface area contributed by atoms with E-state index >= 15 is 0 Å². The first kappa shape index (κ1) is 25.2. The Kier molecular flexibility index (Phi) is 7.49. The molecule has 1 aliphatic rings. The molecule has 1 aliphatic heterocycles. The molecular weight excluding hydrogens is 438 g/mol. The second kappa shape index (κ2) is 9.81. The summed E-state index contributed by atoms with van der Waals surface area (Å²) in [6, 6.07) is 10.2. The quantitative estimate of drug-likeness (QED) is 0.557. The Morgan fingerprint density at radius 2 is 1.88 bits per heavy atom. The van der Waals surface area contributed by atoms with Crippen LogP contribution in [0.5, 0.6) is 0 Å². The second-order valence-corrected chi connectivity index (χ2v) is 11.5. The zero-order valence-electron chi connectivity index (χ0n) is 20.4. The van der Waals surface area contributed by atoms with Crippen molar-refractivity contribution < 1.29 is 17.9 Å². The van der Waals surface area contributed by atoms with Crippen LogP contribution in [0, 0.1) is 6.92 Å². The number of pyridine rings is 1. The van der Waals surface area contributed by atoms with Crippen molar-refractivity contribution in [3.8, 4) is 0 Å². The Morgan fingerprint density at radius 1 is 1.21 bits per heavy atom. The molecule has 8 heteroatoms. The highest BCUT2D eigenvalue weighted by atomic mass is 32.2. The number of amides is 1. The summed E-state index contributed by atoms with van der Waals surface area (Å²) in [5.74, 6) is 0.494. The van der Waals surface area contributed by atoms with Crippen molar-refractivity contribution in [3.05, 3.63) is 53.7 Å². The van der Waals surface area contributed by atoms with Gasteiger partial charge in [-0.15, -0.1) is 0 Å². The molecule has 7 nitrogen and oxygen atoms in total. The third-order valence-corrected chi connectivity index (χ3v) is 7.78. The number of nitrogens with zero attached hydrogens (tertiary/aromatic N) is 3. The molecule has 180 valence electrons. The predicted molar refractivity (Wildman–Crippen MR) is 130 cm³/mol. The number of hydrogen-bond acceptors (Lipinski definition) is 5. The van der Waals surface area contributed by atoms with Crippen molar-refractivity contribution in [2.24, 2.45) is 0 Å². The van der Waals surface area contributed by atoms with Crippen molar-refractivity contribution >= 4 is 21.9 Å².